The minimum atomic E-state index is -1.36. The summed E-state index contributed by atoms with van der Waals surface area (Å²) in [5, 5.41) is 36.6. The Balaban J connectivity index is 2.66. The fourth-order valence-corrected chi connectivity index (χ4v) is 1.26. The van der Waals surface area contributed by atoms with E-state index < -0.39 is 37.3 Å². The molecule has 6 heteroatoms. The SMILES string of the molecule is COC1OC(CO)C(O)[C@@H](O)C1O. The van der Waals surface area contributed by atoms with Crippen molar-refractivity contribution in [3.8, 4) is 0 Å². The summed E-state index contributed by atoms with van der Waals surface area (Å²) in [6, 6.07) is 0. The van der Waals surface area contributed by atoms with Crippen LogP contribution in [0.2, 0.25) is 0 Å². The molecule has 0 amide bonds. The molecule has 78 valence electrons. The second-order valence-electron chi connectivity index (χ2n) is 2.93. The minimum absolute atomic E-state index is 0.440. The molecule has 1 heterocycles. The van der Waals surface area contributed by atoms with Crippen LogP contribution in [0.25, 0.3) is 0 Å². The van der Waals surface area contributed by atoms with Gasteiger partial charge in [-0.3, -0.25) is 0 Å². The summed E-state index contributed by atoms with van der Waals surface area (Å²) in [5.41, 5.74) is 0. The molecule has 0 aromatic carbocycles. The molecule has 6 nitrogen and oxygen atoms in total. The van der Waals surface area contributed by atoms with Crippen molar-refractivity contribution in [3.63, 3.8) is 0 Å². The van der Waals surface area contributed by atoms with E-state index >= 15 is 0 Å². The third-order valence-corrected chi connectivity index (χ3v) is 2.08. The topological polar surface area (TPSA) is 99.4 Å². The molecular formula is C7H14O6. The van der Waals surface area contributed by atoms with Crippen molar-refractivity contribution < 1.29 is 29.9 Å². The first-order valence-corrected chi connectivity index (χ1v) is 3.95. The van der Waals surface area contributed by atoms with Gasteiger partial charge in [-0.1, -0.05) is 0 Å². The smallest absolute Gasteiger partial charge is 0.186 e. The van der Waals surface area contributed by atoms with Crippen molar-refractivity contribution in [2.24, 2.45) is 0 Å². The van der Waals surface area contributed by atoms with Crippen LogP contribution in [-0.4, -0.2) is 64.8 Å². The van der Waals surface area contributed by atoms with E-state index in [1.807, 2.05) is 0 Å². The fraction of sp³-hybridized carbons (Fsp3) is 1.00. The first kappa shape index (κ1) is 10.8. The largest absolute Gasteiger partial charge is 0.394 e. The molecule has 13 heavy (non-hydrogen) atoms. The predicted molar refractivity (Wildman–Crippen MR) is 40.8 cm³/mol. The third kappa shape index (κ3) is 1.98. The van der Waals surface area contributed by atoms with Gasteiger partial charge in [0.05, 0.1) is 6.61 Å². The lowest BCUT2D eigenvalue weighted by Crippen LogP contribution is -2.58. The van der Waals surface area contributed by atoms with Crippen LogP contribution in [-0.2, 0) is 9.47 Å². The summed E-state index contributed by atoms with van der Waals surface area (Å²) >= 11 is 0. The zero-order valence-corrected chi connectivity index (χ0v) is 7.20. The van der Waals surface area contributed by atoms with Crippen molar-refractivity contribution in [3.05, 3.63) is 0 Å². The van der Waals surface area contributed by atoms with Crippen LogP contribution in [0.3, 0.4) is 0 Å². The fourth-order valence-electron chi connectivity index (χ4n) is 1.26. The van der Waals surface area contributed by atoms with Gasteiger partial charge in [0.2, 0.25) is 0 Å². The van der Waals surface area contributed by atoms with Crippen LogP contribution in [0.15, 0.2) is 0 Å². The number of aliphatic hydroxyl groups excluding tert-OH is 4. The first-order valence-electron chi connectivity index (χ1n) is 3.95. The lowest BCUT2D eigenvalue weighted by molar-refractivity contribution is -0.294. The molecule has 5 atom stereocenters. The summed E-state index contributed by atoms with van der Waals surface area (Å²) in [6.07, 6.45) is -5.91. The van der Waals surface area contributed by atoms with Gasteiger partial charge in [0, 0.05) is 7.11 Å². The number of hydrogen-bond acceptors (Lipinski definition) is 6. The maximum atomic E-state index is 9.28. The molecule has 4 unspecified atom stereocenters. The Labute approximate surface area is 75.3 Å². The van der Waals surface area contributed by atoms with Gasteiger partial charge >= 0.3 is 0 Å². The molecule has 1 rings (SSSR count). The minimum Gasteiger partial charge on any atom is -0.394 e. The number of methoxy groups -OCH3 is 1. The van der Waals surface area contributed by atoms with E-state index in [0.29, 0.717) is 0 Å². The lowest BCUT2D eigenvalue weighted by atomic mass is 9.99. The zero-order valence-electron chi connectivity index (χ0n) is 7.20. The molecular weight excluding hydrogens is 180 g/mol. The van der Waals surface area contributed by atoms with Crippen molar-refractivity contribution >= 4 is 0 Å². The molecule has 1 aliphatic heterocycles. The molecule has 0 aliphatic carbocycles. The number of ether oxygens (including phenoxy) is 2. The van der Waals surface area contributed by atoms with Crippen LogP contribution >= 0.6 is 0 Å². The molecule has 4 N–H and O–H groups in total. The van der Waals surface area contributed by atoms with E-state index in [9.17, 15) is 15.3 Å². The normalized spacial score (nSPS) is 46.4. The quantitative estimate of drug-likeness (QED) is 0.386. The van der Waals surface area contributed by atoms with E-state index in [1.54, 1.807) is 0 Å². The van der Waals surface area contributed by atoms with Crippen molar-refractivity contribution in [1.29, 1.82) is 0 Å². The molecule has 0 aromatic heterocycles. The molecule has 0 bridgehead atoms. The Bertz CT molecular complexity index is 143. The molecule has 0 spiro atoms. The molecule has 1 saturated heterocycles. The van der Waals surface area contributed by atoms with Gasteiger partial charge in [-0.2, -0.15) is 0 Å². The summed E-state index contributed by atoms with van der Waals surface area (Å²) in [6.45, 7) is -0.440. The van der Waals surface area contributed by atoms with Gasteiger partial charge in [0.25, 0.3) is 0 Å². The molecule has 1 aliphatic rings. The highest BCUT2D eigenvalue weighted by atomic mass is 16.7. The Kier molecular flexibility index (Phi) is 3.60. The summed E-state index contributed by atoms with van der Waals surface area (Å²) in [4.78, 5) is 0. The van der Waals surface area contributed by atoms with Gasteiger partial charge < -0.3 is 29.9 Å². The van der Waals surface area contributed by atoms with Crippen molar-refractivity contribution in [2.75, 3.05) is 13.7 Å². The Morgan fingerprint density at radius 3 is 2.23 bits per heavy atom. The van der Waals surface area contributed by atoms with Crippen LogP contribution in [0.1, 0.15) is 0 Å². The third-order valence-electron chi connectivity index (χ3n) is 2.08. The number of hydrogen-bond donors (Lipinski definition) is 4. The van der Waals surface area contributed by atoms with E-state index in [1.165, 1.54) is 7.11 Å². The highest BCUT2D eigenvalue weighted by Gasteiger charge is 2.43. The predicted octanol–water partition coefficient (Wildman–Crippen LogP) is -2.57. The van der Waals surface area contributed by atoms with Gasteiger partial charge in [-0.05, 0) is 0 Å². The molecule has 0 aromatic rings. The molecule has 0 radical (unpaired) electrons. The highest BCUT2D eigenvalue weighted by molar-refractivity contribution is 4.88. The van der Waals surface area contributed by atoms with Crippen LogP contribution in [0, 0.1) is 0 Å². The van der Waals surface area contributed by atoms with Crippen molar-refractivity contribution in [1.82, 2.24) is 0 Å². The Morgan fingerprint density at radius 2 is 1.77 bits per heavy atom. The van der Waals surface area contributed by atoms with E-state index in [-0.39, 0.29) is 0 Å². The second kappa shape index (κ2) is 4.32. The van der Waals surface area contributed by atoms with Gasteiger partial charge in [-0.15, -0.1) is 0 Å². The Hall–Kier alpha value is -0.240. The van der Waals surface area contributed by atoms with Crippen LogP contribution in [0.4, 0.5) is 0 Å². The van der Waals surface area contributed by atoms with Crippen molar-refractivity contribution in [2.45, 2.75) is 30.7 Å². The maximum Gasteiger partial charge on any atom is 0.186 e. The second-order valence-corrected chi connectivity index (χ2v) is 2.93. The van der Waals surface area contributed by atoms with Gasteiger partial charge in [0.1, 0.15) is 24.4 Å². The maximum absolute atomic E-state index is 9.28. The number of aliphatic hydroxyl groups is 4. The Morgan fingerprint density at radius 1 is 1.15 bits per heavy atom. The standard InChI is InChI=1S/C7H14O6/c1-12-7-6(11)5(10)4(9)3(2-8)13-7/h3-11H,2H2,1H3/t3?,4?,5-,6?,7?/m1/s1. The monoisotopic (exact) mass is 194 g/mol. The number of rotatable bonds is 2. The average molecular weight is 194 g/mol. The van der Waals surface area contributed by atoms with Gasteiger partial charge in [0.15, 0.2) is 6.29 Å². The first-order chi connectivity index (χ1) is 6.11. The lowest BCUT2D eigenvalue weighted by Gasteiger charge is -2.38. The van der Waals surface area contributed by atoms with Gasteiger partial charge in [-0.25, -0.2) is 0 Å². The average Bonchev–Trinajstić information content (AvgIpc) is 2.15. The molecule has 0 saturated carbocycles. The zero-order chi connectivity index (χ0) is 10.0. The van der Waals surface area contributed by atoms with Crippen LogP contribution < -0.4 is 0 Å². The summed E-state index contributed by atoms with van der Waals surface area (Å²) in [7, 11) is 1.30. The van der Waals surface area contributed by atoms with E-state index in [0.717, 1.165) is 0 Å². The van der Waals surface area contributed by atoms with Crippen LogP contribution in [0.5, 0.6) is 0 Å². The van der Waals surface area contributed by atoms with E-state index in [4.69, 9.17) is 14.6 Å². The highest BCUT2D eigenvalue weighted by Crippen LogP contribution is 2.20. The summed E-state index contributed by atoms with van der Waals surface area (Å²) in [5.74, 6) is 0. The molecule has 1 fully saturated rings. The summed E-state index contributed by atoms with van der Waals surface area (Å²) < 4.78 is 9.65. The van der Waals surface area contributed by atoms with E-state index in [2.05, 4.69) is 0 Å².